The summed E-state index contributed by atoms with van der Waals surface area (Å²) in [5, 5.41) is 8.81. The third-order valence-electron chi connectivity index (χ3n) is 5.41. The van der Waals surface area contributed by atoms with Gasteiger partial charge in [0, 0.05) is 7.05 Å². The minimum Gasteiger partial charge on any atom is -0.493 e. The smallest absolute Gasteiger partial charge is 0.431 e. The first-order chi connectivity index (χ1) is 18.4. The highest BCUT2D eigenvalue weighted by Crippen LogP contribution is 2.39. The zero-order valence-electron chi connectivity index (χ0n) is 22.3. The third-order valence-corrected chi connectivity index (χ3v) is 5.41. The van der Waals surface area contributed by atoms with Crippen LogP contribution in [0.3, 0.4) is 0 Å². The first-order valence-corrected chi connectivity index (χ1v) is 11.5. The lowest BCUT2D eigenvalue weighted by molar-refractivity contribution is 0.132. The van der Waals surface area contributed by atoms with Crippen molar-refractivity contribution in [3.8, 4) is 28.7 Å². The summed E-state index contributed by atoms with van der Waals surface area (Å²) in [5.41, 5.74) is 3.31. The van der Waals surface area contributed by atoms with Crippen LogP contribution in [0.15, 0.2) is 64.9 Å². The summed E-state index contributed by atoms with van der Waals surface area (Å²) in [5.74, 6) is 2.91. The van der Waals surface area contributed by atoms with Crippen LogP contribution in [0.2, 0.25) is 0 Å². The Labute approximate surface area is 222 Å². The Bertz CT molecular complexity index is 1270. The van der Waals surface area contributed by atoms with Crippen LogP contribution in [0.4, 0.5) is 10.5 Å². The minimum absolute atomic E-state index is 0.315. The zero-order valence-corrected chi connectivity index (χ0v) is 22.3. The van der Waals surface area contributed by atoms with Gasteiger partial charge in [-0.05, 0) is 53.1 Å². The monoisotopic (exact) mass is 521 g/mol. The molecule has 3 rings (SSSR count). The maximum Gasteiger partial charge on any atom is 0.431 e. The van der Waals surface area contributed by atoms with Crippen LogP contribution in [0.1, 0.15) is 16.7 Å². The van der Waals surface area contributed by atoms with Gasteiger partial charge in [-0.15, -0.1) is 5.11 Å². The van der Waals surface area contributed by atoms with E-state index in [1.807, 2.05) is 54.6 Å². The van der Waals surface area contributed by atoms with Crippen molar-refractivity contribution in [3.63, 3.8) is 0 Å². The van der Waals surface area contributed by atoms with E-state index in [-0.39, 0.29) is 0 Å². The lowest BCUT2D eigenvalue weighted by Gasteiger charge is -2.13. The maximum atomic E-state index is 11.4. The standard InChI is InChI=1S/C28H31N3O7/c1-31(28(32)37-6)30-29-22-12-9-20(10-13-22)18-38-24-15-19(11-14-23(24)33-2)7-8-21-16-25(34-3)27(36-5)26(17-21)35-4/h7-17H,18H2,1-6H3/b8-7-,30-29+. The van der Waals surface area contributed by atoms with Gasteiger partial charge < -0.3 is 28.4 Å². The zero-order chi connectivity index (χ0) is 27.5. The molecule has 0 N–H and O–H groups in total. The van der Waals surface area contributed by atoms with Crippen LogP contribution < -0.4 is 23.7 Å². The number of nitrogens with zero attached hydrogens (tertiary/aromatic N) is 3. The highest BCUT2D eigenvalue weighted by molar-refractivity contribution is 5.73. The van der Waals surface area contributed by atoms with E-state index in [9.17, 15) is 4.79 Å². The molecule has 0 saturated carbocycles. The molecule has 0 radical (unpaired) electrons. The lowest BCUT2D eigenvalue weighted by Crippen LogP contribution is -2.19. The van der Waals surface area contributed by atoms with E-state index in [1.165, 1.54) is 14.2 Å². The molecule has 10 nitrogen and oxygen atoms in total. The number of hydrogen-bond acceptors (Lipinski definition) is 9. The van der Waals surface area contributed by atoms with Crippen LogP contribution in [-0.4, -0.2) is 53.7 Å². The van der Waals surface area contributed by atoms with Crippen molar-refractivity contribution in [2.45, 2.75) is 6.61 Å². The number of methoxy groups -OCH3 is 5. The molecular formula is C28H31N3O7. The van der Waals surface area contributed by atoms with E-state index in [1.54, 1.807) is 40.6 Å². The summed E-state index contributed by atoms with van der Waals surface area (Å²) < 4.78 is 32.4. The van der Waals surface area contributed by atoms with Crippen LogP contribution in [0, 0.1) is 0 Å². The lowest BCUT2D eigenvalue weighted by atomic mass is 10.1. The van der Waals surface area contributed by atoms with Gasteiger partial charge in [-0.25, -0.2) is 4.79 Å². The van der Waals surface area contributed by atoms with Crippen molar-refractivity contribution in [3.05, 3.63) is 71.3 Å². The number of rotatable bonds is 11. The van der Waals surface area contributed by atoms with Gasteiger partial charge in [0.15, 0.2) is 23.0 Å². The van der Waals surface area contributed by atoms with Gasteiger partial charge in [0.1, 0.15) is 6.61 Å². The van der Waals surface area contributed by atoms with Gasteiger partial charge in [0.05, 0.1) is 41.2 Å². The fourth-order valence-electron chi connectivity index (χ4n) is 3.41. The number of ether oxygens (including phenoxy) is 6. The maximum absolute atomic E-state index is 11.4. The van der Waals surface area contributed by atoms with E-state index in [0.717, 1.165) is 21.7 Å². The first kappa shape index (κ1) is 27.9. The van der Waals surface area contributed by atoms with Gasteiger partial charge in [-0.2, -0.15) is 5.01 Å². The molecule has 1 amide bonds. The second-order valence-electron chi connectivity index (χ2n) is 7.84. The Morgan fingerprint density at radius 2 is 1.37 bits per heavy atom. The Morgan fingerprint density at radius 3 is 1.95 bits per heavy atom. The molecular weight excluding hydrogens is 490 g/mol. The molecule has 0 saturated heterocycles. The molecule has 200 valence electrons. The normalized spacial score (nSPS) is 10.9. The molecule has 0 heterocycles. The fraction of sp³-hybridized carbons (Fsp3) is 0.250. The fourth-order valence-corrected chi connectivity index (χ4v) is 3.41. The van der Waals surface area contributed by atoms with Crippen LogP contribution in [-0.2, 0) is 11.3 Å². The Kier molecular flexibility index (Phi) is 9.93. The van der Waals surface area contributed by atoms with E-state index >= 15 is 0 Å². The predicted octanol–water partition coefficient (Wildman–Crippen LogP) is 6.17. The SMILES string of the molecule is COC(=O)N(C)/N=N/c1ccc(COc2cc(/C=C\c3cc(OC)c(OC)c(OC)c3)ccc2OC)cc1. The summed E-state index contributed by atoms with van der Waals surface area (Å²) in [7, 11) is 9.07. The van der Waals surface area contributed by atoms with Crippen molar-refractivity contribution in [2.24, 2.45) is 10.3 Å². The molecule has 0 aliphatic carbocycles. The Balaban J connectivity index is 1.72. The van der Waals surface area contributed by atoms with Gasteiger partial charge in [0.25, 0.3) is 0 Å². The Morgan fingerprint density at radius 1 is 0.763 bits per heavy atom. The van der Waals surface area contributed by atoms with Crippen molar-refractivity contribution < 1.29 is 33.2 Å². The summed E-state index contributed by atoms with van der Waals surface area (Å²) in [6.45, 7) is 0.315. The molecule has 0 aliphatic heterocycles. The van der Waals surface area contributed by atoms with E-state index in [2.05, 4.69) is 15.1 Å². The molecule has 38 heavy (non-hydrogen) atoms. The van der Waals surface area contributed by atoms with Crippen molar-refractivity contribution in [2.75, 3.05) is 42.6 Å². The second-order valence-corrected chi connectivity index (χ2v) is 7.84. The second kappa shape index (κ2) is 13.5. The Hall–Kier alpha value is -4.73. The molecule has 3 aromatic rings. The number of hydrogen-bond donors (Lipinski definition) is 0. The van der Waals surface area contributed by atoms with Gasteiger partial charge >= 0.3 is 6.09 Å². The van der Waals surface area contributed by atoms with Crippen LogP contribution in [0.25, 0.3) is 12.2 Å². The average Bonchev–Trinajstić information content (AvgIpc) is 2.96. The molecule has 0 spiro atoms. The van der Waals surface area contributed by atoms with E-state index in [0.29, 0.717) is 41.0 Å². The van der Waals surface area contributed by atoms with Gasteiger partial charge in [-0.1, -0.05) is 35.6 Å². The number of carbonyl (C=O) groups excluding carboxylic acids is 1. The largest absolute Gasteiger partial charge is 0.493 e. The summed E-state index contributed by atoms with van der Waals surface area (Å²) in [4.78, 5) is 11.4. The molecule has 0 unspecified atom stereocenters. The summed E-state index contributed by atoms with van der Waals surface area (Å²) >= 11 is 0. The number of carbonyl (C=O) groups is 1. The van der Waals surface area contributed by atoms with Crippen LogP contribution >= 0.6 is 0 Å². The molecule has 0 atom stereocenters. The number of benzene rings is 3. The highest BCUT2D eigenvalue weighted by atomic mass is 16.5. The molecule has 0 bridgehead atoms. The number of amides is 1. The predicted molar refractivity (Wildman–Crippen MR) is 143 cm³/mol. The third kappa shape index (κ3) is 7.16. The summed E-state index contributed by atoms with van der Waals surface area (Å²) in [6.07, 6.45) is 3.30. The van der Waals surface area contributed by atoms with Gasteiger partial charge in [-0.3, -0.25) is 0 Å². The molecule has 3 aromatic carbocycles. The minimum atomic E-state index is -0.603. The van der Waals surface area contributed by atoms with Crippen molar-refractivity contribution >= 4 is 23.9 Å². The molecule has 0 aliphatic rings. The molecule has 0 aromatic heterocycles. The first-order valence-electron chi connectivity index (χ1n) is 11.5. The molecule has 10 heteroatoms. The summed E-state index contributed by atoms with van der Waals surface area (Å²) in [6, 6.07) is 16.7. The average molecular weight is 522 g/mol. The van der Waals surface area contributed by atoms with E-state index in [4.69, 9.17) is 23.7 Å². The van der Waals surface area contributed by atoms with Gasteiger partial charge in [0.2, 0.25) is 5.75 Å². The molecule has 0 fully saturated rings. The van der Waals surface area contributed by atoms with E-state index < -0.39 is 6.09 Å². The highest BCUT2D eigenvalue weighted by Gasteiger charge is 2.12. The topological polar surface area (TPSA) is 100 Å². The quantitative estimate of drug-likeness (QED) is 0.169. The van der Waals surface area contributed by atoms with Crippen LogP contribution in [0.5, 0.6) is 28.7 Å². The van der Waals surface area contributed by atoms with Crippen molar-refractivity contribution in [1.82, 2.24) is 5.01 Å². The van der Waals surface area contributed by atoms with Crippen molar-refractivity contribution in [1.29, 1.82) is 0 Å².